The van der Waals surface area contributed by atoms with Crippen molar-refractivity contribution in [3.63, 3.8) is 0 Å². The number of piperidine rings is 1. The third kappa shape index (κ3) is 5.05. The second-order valence-corrected chi connectivity index (χ2v) is 5.73. The number of amides is 1. The highest BCUT2D eigenvalue weighted by molar-refractivity contribution is 8.00. The molecule has 0 radical (unpaired) electrons. The second-order valence-electron chi connectivity index (χ2n) is 4.69. The molecule has 1 amide bonds. The third-order valence-electron chi connectivity index (χ3n) is 3.31. The Morgan fingerprint density at radius 3 is 2.79 bits per heavy atom. The Balaban J connectivity index is 0.00000180. The van der Waals surface area contributed by atoms with Crippen LogP contribution in [0.2, 0.25) is 0 Å². The summed E-state index contributed by atoms with van der Waals surface area (Å²) >= 11 is 1.61. The lowest BCUT2D eigenvalue weighted by Crippen LogP contribution is -2.42. The molecule has 1 atom stereocenters. The summed E-state index contributed by atoms with van der Waals surface area (Å²) in [4.78, 5) is 15.2. The molecule has 5 heteroatoms. The number of halogens is 1. The summed E-state index contributed by atoms with van der Waals surface area (Å²) in [5, 5.41) is 0. The van der Waals surface area contributed by atoms with E-state index >= 15 is 0 Å². The van der Waals surface area contributed by atoms with Crippen LogP contribution in [0.1, 0.15) is 12.8 Å². The molecule has 1 fully saturated rings. The zero-order chi connectivity index (χ0) is 12.8. The first-order valence-corrected chi connectivity index (χ1v) is 7.44. The van der Waals surface area contributed by atoms with Crippen molar-refractivity contribution in [2.75, 3.05) is 25.4 Å². The Hall–Kier alpha value is -0.710. The SMILES string of the molecule is Cl.NCC1CCCN(C(=O)CSc2ccccc2)C1. The van der Waals surface area contributed by atoms with Gasteiger partial charge in [-0.3, -0.25) is 4.79 Å². The minimum absolute atomic E-state index is 0. The zero-order valence-corrected chi connectivity index (χ0v) is 12.6. The van der Waals surface area contributed by atoms with Gasteiger partial charge in [0.25, 0.3) is 0 Å². The number of rotatable bonds is 4. The molecule has 0 aromatic heterocycles. The fourth-order valence-corrected chi connectivity index (χ4v) is 3.06. The van der Waals surface area contributed by atoms with Crippen LogP contribution >= 0.6 is 24.2 Å². The molecule has 0 bridgehead atoms. The molecule has 1 heterocycles. The molecule has 2 rings (SSSR count). The van der Waals surface area contributed by atoms with E-state index in [2.05, 4.69) is 0 Å². The number of carbonyl (C=O) groups excluding carboxylic acids is 1. The lowest BCUT2D eigenvalue weighted by atomic mass is 9.98. The van der Waals surface area contributed by atoms with E-state index in [1.165, 1.54) is 0 Å². The van der Waals surface area contributed by atoms with Crippen molar-refractivity contribution in [1.29, 1.82) is 0 Å². The summed E-state index contributed by atoms with van der Waals surface area (Å²) in [6, 6.07) is 10.1. The summed E-state index contributed by atoms with van der Waals surface area (Å²) in [6.45, 7) is 2.42. The smallest absolute Gasteiger partial charge is 0.232 e. The monoisotopic (exact) mass is 300 g/mol. The maximum atomic E-state index is 12.1. The summed E-state index contributed by atoms with van der Waals surface area (Å²) in [5.41, 5.74) is 5.69. The lowest BCUT2D eigenvalue weighted by molar-refractivity contribution is -0.130. The molecule has 3 nitrogen and oxygen atoms in total. The number of nitrogens with two attached hydrogens (primary N) is 1. The van der Waals surface area contributed by atoms with E-state index in [1.54, 1.807) is 11.8 Å². The molecule has 1 saturated heterocycles. The number of hydrogen-bond acceptors (Lipinski definition) is 3. The molecular formula is C14H21ClN2OS. The van der Waals surface area contributed by atoms with Crippen LogP contribution in [-0.2, 0) is 4.79 Å². The minimum atomic E-state index is 0. The van der Waals surface area contributed by atoms with Gasteiger partial charge in [-0.05, 0) is 37.4 Å². The van der Waals surface area contributed by atoms with Crippen molar-refractivity contribution >= 4 is 30.1 Å². The van der Waals surface area contributed by atoms with Gasteiger partial charge in [0.15, 0.2) is 0 Å². The lowest BCUT2D eigenvalue weighted by Gasteiger charge is -2.32. The molecular weight excluding hydrogens is 280 g/mol. The van der Waals surface area contributed by atoms with Crippen LogP contribution in [-0.4, -0.2) is 36.2 Å². The van der Waals surface area contributed by atoms with Crippen LogP contribution in [0, 0.1) is 5.92 Å². The summed E-state index contributed by atoms with van der Waals surface area (Å²) in [7, 11) is 0. The molecule has 1 aliphatic rings. The summed E-state index contributed by atoms with van der Waals surface area (Å²) in [5.74, 6) is 1.26. The highest BCUT2D eigenvalue weighted by Gasteiger charge is 2.22. The molecule has 0 aliphatic carbocycles. The largest absolute Gasteiger partial charge is 0.342 e. The van der Waals surface area contributed by atoms with E-state index in [0.717, 1.165) is 30.8 Å². The number of thioether (sulfide) groups is 1. The van der Waals surface area contributed by atoms with Crippen LogP contribution < -0.4 is 5.73 Å². The van der Waals surface area contributed by atoms with Gasteiger partial charge >= 0.3 is 0 Å². The number of benzene rings is 1. The van der Waals surface area contributed by atoms with E-state index in [9.17, 15) is 4.79 Å². The van der Waals surface area contributed by atoms with E-state index in [4.69, 9.17) is 5.73 Å². The van der Waals surface area contributed by atoms with Crippen molar-refractivity contribution in [1.82, 2.24) is 4.90 Å². The summed E-state index contributed by atoms with van der Waals surface area (Å²) in [6.07, 6.45) is 2.25. The first kappa shape index (κ1) is 16.3. The molecule has 2 N–H and O–H groups in total. The zero-order valence-electron chi connectivity index (χ0n) is 11.0. The number of likely N-dealkylation sites (tertiary alicyclic amines) is 1. The fourth-order valence-electron chi connectivity index (χ4n) is 2.24. The summed E-state index contributed by atoms with van der Waals surface area (Å²) < 4.78 is 0. The molecule has 1 aromatic rings. The topological polar surface area (TPSA) is 46.3 Å². The average molecular weight is 301 g/mol. The molecule has 1 aliphatic heterocycles. The predicted molar refractivity (Wildman–Crippen MR) is 82.8 cm³/mol. The maximum absolute atomic E-state index is 12.1. The number of nitrogens with zero attached hydrogens (tertiary/aromatic N) is 1. The van der Waals surface area contributed by atoms with Gasteiger partial charge in [0.05, 0.1) is 5.75 Å². The van der Waals surface area contributed by atoms with E-state index in [0.29, 0.717) is 18.2 Å². The van der Waals surface area contributed by atoms with E-state index < -0.39 is 0 Å². The molecule has 1 unspecified atom stereocenters. The van der Waals surface area contributed by atoms with Gasteiger partial charge in [-0.15, -0.1) is 24.2 Å². The van der Waals surface area contributed by atoms with Crippen molar-refractivity contribution in [3.8, 4) is 0 Å². The molecule has 106 valence electrons. The normalized spacial score (nSPS) is 18.8. The minimum Gasteiger partial charge on any atom is -0.342 e. The highest BCUT2D eigenvalue weighted by atomic mass is 35.5. The quantitative estimate of drug-likeness (QED) is 0.869. The number of carbonyl (C=O) groups is 1. The van der Waals surface area contributed by atoms with Gasteiger partial charge in [0.2, 0.25) is 5.91 Å². The van der Waals surface area contributed by atoms with Gasteiger partial charge < -0.3 is 10.6 Å². The van der Waals surface area contributed by atoms with Gasteiger partial charge in [-0.25, -0.2) is 0 Å². The Morgan fingerprint density at radius 1 is 1.37 bits per heavy atom. The molecule has 0 saturated carbocycles. The van der Waals surface area contributed by atoms with Crippen LogP contribution in [0.15, 0.2) is 35.2 Å². The molecule has 0 spiro atoms. The fraction of sp³-hybridized carbons (Fsp3) is 0.500. The van der Waals surface area contributed by atoms with Gasteiger partial charge in [0.1, 0.15) is 0 Å². The standard InChI is InChI=1S/C14H20N2OS.ClH/c15-9-12-5-4-8-16(10-12)14(17)11-18-13-6-2-1-3-7-13;/h1-3,6-7,12H,4-5,8-11,15H2;1H. The Kier molecular flexibility index (Phi) is 7.28. The van der Waals surface area contributed by atoms with E-state index in [-0.39, 0.29) is 18.3 Å². The van der Waals surface area contributed by atoms with E-state index in [1.807, 2.05) is 35.2 Å². The Labute approximate surface area is 125 Å². The first-order chi connectivity index (χ1) is 8.79. The predicted octanol–water partition coefficient (Wildman–Crippen LogP) is 2.40. The van der Waals surface area contributed by atoms with Gasteiger partial charge in [-0.1, -0.05) is 18.2 Å². The highest BCUT2D eigenvalue weighted by Crippen LogP contribution is 2.20. The second kappa shape index (κ2) is 8.46. The van der Waals surface area contributed by atoms with Crippen LogP contribution in [0.5, 0.6) is 0 Å². The van der Waals surface area contributed by atoms with Gasteiger partial charge in [-0.2, -0.15) is 0 Å². The third-order valence-corrected chi connectivity index (χ3v) is 4.31. The van der Waals surface area contributed by atoms with Crippen LogP contribution in [0.3, 0.4) is 0 Å². The van der Waals surface area contributed by atoms with Gasteiger partial charge in [0, 0.05) is 18.0 Å². The molecule has 1 aromatic carbocycles. The van der Waals surface area contributed by atoms with Crippen LogP contribution in [0.4, 0.5) is 0 Å². The Bertz CT molecular complexity index is 388. The number of hydrogen-bond donors (Lipinski definition) is 1. The van der Waals surface area contributed by atoms with Crippen molar-refractivity contribution in [2.45, 2.75) is 17.7 Å². The Morgan fingerprint density at radius 2 is 2.11 bits per heavy atom. The maximum Gasteiger partial charge on any atom is 0.232 e. The first-order valence-electron chi connectivity index (χ1n) is 6.45. The molecule has 19 heavy (non-hydrogen) atoms. The van der Waals surface area contributed by atoms with Crippen molar-refractivity contribution in [2.24, 2.45) is 11.7 Å². The van der Waals surface area contributed by atoms with Crippen molar-refractivity contribution < 1.29 is 4.79 Å². The van der Waals surface area contributed by atoms with Crippen molar-refractivity contribution in [3.05, 3.63) is 30.3 Å². The average Bonchev–Trinajstić information content (AvgIpc) is 2.46. The van der Waals surface area contributed by atoms with Crippen LogP contribution in [0.25, 0.3) is 0 Å².